The van der Waals surface area contributed by atoms with E-state index < -0.39 is 0 Å². The molecule has 0 aliphatic carbocycles. The summed E-state index contributed by atoms with van der Waals surface area (Å²) in [5, 5.41) is 0. The van der Waals surface area contributed by atoms with E-state index in [9.17, 15) is 0 Å². The van der Waals surface area contributed by atoms with Gasteiger partial charge in [-0.25, -0.2) is 0 Å². The monoisotopic (exact) mass is 209 g/mol. The van der Waals surface area contributed by atoms with Crippen LogP contribution in [-0.2, 0) is 44.6 Å². The van der Waals surface area contributed by atoms with Crippen molar-refractivity contribution in [3.63, 3.8) is 0 Å². The topological polar surface area (TPSA) is 17.1 Å². The fourth-order valence-corrected chi connectivity index (χ4v) is 0. The summed E-state index contributed by atoms with van der Waals surface area (Å²) in [4.78, 5) is 0. The van der Waals surface area contributed by atoms with Crippen molar-refractivity contribution in [1.29, 1.82) is 0 Å². The van der Waals surface area contributed by atoms with Gasteiger partial charge in [0, 0.05) is 17.1 Å². The van der Waals surface area contributed by atoms with Crippen LogP contribution in [0.25, 0.3) is 0 Å². The van der Waals surface area contributed by atoms with Crippen molar-refractivity contribution in [1.82, 2.24) is 0 Å². The van der Waals surface area contributed by atoms with E-state index >= 15 is 0 Å². The molecule has 0 aromatic heterocycles. The van der Waals surface area contributed by atoms with Crippen LogP contribution >= 0.6 is 0 Å². The van der Waals surface area contributed by atoms with Crippen molar-refractivity contribution in [2.75, 3.05) is 0 Å². The fraction of sp³-hybridized carbons (Fsp3) is 0. The molecule has 0 heterocycles. The molecule has 4 heteroatoms. The zero-order valence-electron chi connectivity index (χ0n) is 1.21. The number of hydrogen-bond donors (Lipinski definition) is 0. The predicted octanol–water partition coefficient (Wildman–Crippen LogP) is -0.772. The molecule has 0 aliphatic rings. The van der Waals surface area contributed by atoms with Gasteiger partial charge in [0.15, 0.2) is 0 Å². The van der Waals surface area contributed by atoms with Crippen molar-refractivity contribution in [2.45, 2.75) is 0 Å². The molecule has 0 aromatic rings. The summed E-state index contributed by atoms with van der Waals surface area (Å²) in [7, 11) is 0. The van der Waals surface area contributed by atoms with E-state index in [1.807, 2.05) is 0 Å². The molecule has 0 aliphatic heterocycles. The molecule has 1 radical (unpaired) electrons. The van der Waals surface area contributed by atoms with Gasteiger partial charge in [0.1, 0.15) is 0 Å². The molecular weight excluding hydrogens is 210 g/mol. The van der Waals surface area contributed by atoms with E-state index in [4.69, 9.17) is 2.81 Å². The molecule has 4 heavy (non-hydrogen) atoms. The van der Waals surface area contributed by atoms with E-state index in [0.717, 1.165) is 0 Å². The van der Waals surface area contributed by atoms with Crippen molar-refractivity contribution < 1.29 is 44.6 Å². The molecular formula is HCuKOZr. The van der Waals surface area contributed by atoms with Crippen molar-refractivity contribution in [2.24, 2.45) is 0 Å². The van der Waals surface area contributed by atoms with Gasteiger partial charge in [-0.15, -0.1) is 0 Å². The molecule has 23 valence electrons. The van der Waals surface area contributed by atoms with Gasteiger partial charge >= 0.3 is 78.9 Å². The molecule has 0 atom stereocenters. The maximum absolute atomic E-state index is 8.34. The summed E-state index contributed by atoms with van der Waals surface area (Å²) < 4.78 is 8.34. The summed E-state index contributed by atoms with van der Waals surface area (Å²) in [5.41, 5.74) is 0. The Hall–Kier alpha value is 2.84. The molecule has 0 bridgehead atoms. The summed E-state index contributed by atoms with van der Waals surface area (Å²) in [6, 6.07) is 0. The zero-order chi connectivity index (χ0) is 2.00. The molecule has 0 fully saturated rings. The molecule has 0 amide bonds. The Kier molecular flexibility index (Phi) is 67.1. The van der Waals surface area contributed by atoms with Crippen molar-refractivity contribution in [3.05, 3.63) is 0 Å². The fourth-order valence-electron chi connectivity index (χ4n) is 0. The van der Waals surface area contributed by atoms with E-state index in [-0.39, 0.29) is 68.5 Å². The molecule has 1 nitrogen and oxygen atoms in total. The first-order valence-corrected chi connectivity index (χ1v) is 1.21. The first-order valence-electron chi connectivity index (χ1n) is 0.204. The van der Waals surface area contributed by atoms with Crippen LogP contribution < -0.4 is 0 Å². The van der Waals surface area contributed by atoms with Gasteiger partial charge in [0.05, 0.1) is 0 Å². The standard InChI is InChI=1S/Cu.K.O.Zr.H. The third-order valence-corrected chi connectivity index (χ3v) is 0. The Balaban J connectivity index is -0.00000000500. The Morgan fingerprint density at radius 3 is 1.25 bits per heavy atom. The Bertz CT molecular complexity index is 8.00. The Morgan fingerprint density at radius 1 is 1.25 bits per heavy atom. The van der Waals surface area contributed by atoms with Gasteiger partial charge in [-0.05, 0) is 0 Å². The molecule has 0 saturated carbocycles. The van der Waals surface area contributed by atoms with Gasteiger partial charge in [-0.2, -0.15) is 0 Å². The second-order valence-electron chi connectivity index (χ2n) is 0. The molecule has 0 unspecified atom stereocenters. The van der Waals surface area contributed by atoms with Crippen LogP contribution in [0.1, 0.15) is 0 Å². The summed E-state index contributed by atoms with van der Waals surface area (Å²) in [6.45, 7) is 0. The average Bonchev–Trinajstić information content (AvgIpc) is 1.00. The quantitative estimate of drug-likeness (QED) is 0.480. The predicted molar refractivity (Wildman–Crippen MR) is 7.84 cm³/mol. The normalized spacial score (nSPS) is 0.750. The Labute approximate surface area is 93.5 Å². The van der Waals surface area contributed by atoms with Gasteiger partial charge in [0.25, 0.3) is 0 Å². The van der Waals surface area contributed by atoms with Gasteiger partial charge in [-0.1, -0.05) is 0 Å². The molecule has 0 saturated heterocycles. The van der Waals surface area contributed by atoms with Gasteiger partial charge in [-0.3, -0.25) is 0 Å². The Morgan fingerprint density at radius 2 is 1.25 bits per heavy atom. The third kappa shape index (κ3) is 8.85. The molecule has 0 aromatic carbocycles. The molecule has 0 N–H and O–H groups in total. The van der Waals surface area contributed by atoms with Crippen molar-refractivity contribution >= 4 is 51.4 Å². The first kappa shape index (κ1) is 15.8. The van der Waals surface area contributed by atoms with Crippen LogP contribution in [0.5, 0.6) is 0 Å². The van der Waals surface area contributed by atoms with Crippen LogP contribution in [0.4, 0.5) is 0 Å². The first-order chi connectivity index (χ1) is 1.00. The summed E-state index contributed by atoms with van der Waals surface area (Å²) in [5.74, 6) is 0. The van der Waals surface area contributed by atoms with E-state index in [1.165, 1.54) is 0 Å². The number of hydrogen-bond acceptors (Lipinski definition) is 1. The van der Waals surface area contributed by atoms with Crippen LogP contribution in [-0.4, -0.2) is 51.4 Å². The second kappa shape index (κ2) is 17.0. The third-order valence-electron chi connectivity index (χ3n) is 0. The number of rotatable bonds is 0. The molecule has 0 spiro atoms. The van der Waals surface area contributed by atoms with E-state index in [2.05, 4.69) is 0 Å². The van der Waals surface area contributed by atoms with E-state index in [0.29, 0.717) is 24.7 Å². The SMILES string of the molecule is [Cu].[KH].[O]=[Zr]. The molecule has 0 rings (SSSR count). The summed E-state index contributed by atoms with van der Waals surface area (Å²) >= 11 is 0.300. The minimum atomic E-state index is 0. The van der Waals surface area contributed by atoms with Crippen LogP contribution in [0.2, 0.25) is 0 Å². The van der Waals surface area contributed by atoms with Gasteiger partial charge in [0.2, 0.25) is 0 Å². The minimum absolute atomic E-state index is 0. The van der Waals surface area contributed by atoms with Crippen LogP contribution in [0, 0.1) is 0 Å². The van der Waals surface area contributed by atoms with E-state index in [1.54, 1.807) is 0 Å². The van der Waals surface area contributed by atoms with Crippen LogP contribution in [0.15, 0.2) is 0 Å². The second-order valence-corrected chi connectivity index (χ2v) is 0. The summed E-state index contributed by atoms with van der Waals surface area (Å²) in [6.07, 6.45) is 0. The van der Waals surface area contributed by atoms with Gasteiger partial charge < -0.3 is 0 Å². The van der Waals surface area contributed by atoms with Crippen LogP contribution in [0.3, 0.4) is 0 Å². The van der Waals surface area contributed by atoms with Crippen molar-refractivity contribution in [3.8, 4) is 0 Å². The maximum atomic E-state index is 8.34. The zero-order valence-corrected chi connectivity index (χ0v) is 4.61. The average molecular weight is 211 g/mol.